The van der Waals surface area contributed by atoms with Crippen LogP contribution in [0.2, 0.25) is 12.6 Å². The molecule has 0 radical (unpaired) electrons. The second kappa shape index (κ2) is 6.18. The van der Waals surface area contributed by atoms with E-state index in [-0.39, 0.29) is 0 Å². The van der Waals surface area contributed by atoms with Gasteiger partial charge in [-0.05, 0) is 19.0 Å². The third-order valence-corrected chi connectivity index (χ3v) is 5.02. The largest absolute Gasteiger partial charge is 0.398 e. The summed E-state index contributed by atoms with van der Waals surface area (Å²) in [5.41, 5.74) is 0. The Balaban J connectivity index is 3.53. The first-order chi connectivity index (χ1) is 5.68. The molecule has 70 valence electrons. The molecule has 0 saturated heterocycles. The van der Waals surface area contributed by atoms with Gasteiger partial charge >= 0.3 is 8.56 Å². The first-order valence-corrected chi connectivity index (χ1v) is 6.68. The van der Waals surface area contributed by atoms with Crippen LogP contribution in [0, 0.1) is 11.3 Å². The topological polar surface area (TPSA) is 42.2 Å². The van der Waals surface area contributed by atoms with E-state index in [9.17, 15) is 0 Å². The monoisotopic (exact) mass is 187 g/mol. The third-order valence-electron chi connectivity index (χ3n) is 2.03. The Kier molecular flexibility index (Phi) is 5.99. The van der Waals surface area contributed by atoms with Crippen LogP contribution < -0.4 is 0 Å². The van der Waals surface area contributed by atoms with Gasteiger partial charge in [0, 0.05) is 20.6 Å². The van der Waals surface area contributed by atoms with Crippen molar-refractivity contribution in [3.63, 3.8) is 0 Å². The van der Waals surface area contributed by atoms with Crippen LogP contribution in [-0.2, 0) is 8.85 Å². The van der Waals surface area contributed by atoms with Gasteiger partial charge in [-0.2, -0.15) is 5.26 Å². The molecule has 0 spiro atoms. The number of rotatable bonds is 6. The third kappa shape index (κ3) is 4.49. The van der Waals surface area contributed by atoms with Gasteiger partial charge < -0.3 is 8.85 Å². The summed E-state index contributed by atoms with van der Waals surface area (Å²) in [5, 5.41) is 8.31. The van der Waals surface area contributed by atoms with E-state index in [0.717, 1.165) is 18.9 Å². The van der Waals surface area contributed by atoms with Crippen LogP contribution in [0.15, 0.2) is 0 Å². The average molecular weight is 187 g/mol. The zero-order chi connectivity index (χ0) is 9.45. The number of nitriles is 1. The van der Waals surface area contributed by atoms with E-state index >= 15 is 0 Å². The smallest absolute Gasteiger partial charge is 0.334 e. The summed E-state index contributed by atoms with van der Waals surface area (Å²) < 4.78 is 10.6. The highest BCUT2D eigenvalue weighted by molar-refractivity contribution is 6.65. The highest BCUT2D eigenvalue weighted by Gasteiger charge is 2.27. The van der Waals surface area contributed by atoms with Gasteiger partial charge in [0.2, 0.25) is 0 Å². The summed E-state index contributed by atoms with van der Waals surface area (Å²) in [5.74, 6) is 0. The molecule has 0 aliphatic carbocycles. The summed E-state index contributed by atoms with van der Waals surface area (Å²) in [6.07, 6.45) is 2.61. The summed E-state index contributed by atoms with van der Waals surface area (Å²) >= 11 is 0. The molecule has 4 heteroatoms. The Hall–Kier alpha value is -0.373. The maximum atomic E-state index is 8.31. The highest BCUT2D eigenvalue weighted by Crippen LogP contribution is 2.15. The number of unbranched alkanes of at least 4 members (excludes halogenated alkanes) is 2. The number of hydrogen-bond acceptors (Lipinski definition) is 3. The maximum absolute atomic E-state index is 8.31. The molecule has 0 rings (SSSR count). The fourth-order valence-electron chi connectivity index (χ4n) is 0.938. The van der Waals surface area contributed by atoms with E-state index in [1.807, 2.05) is 6.55 Å². The standard InChI is InChI=1S/C8H17NO2Si/c1-10-12(3,11-2)8-6-4-5-7-9/h4-6,8H2,1-3H3. The lowest BCUT2D eigenvalue weighted by Crippen LogP contribution is -2.35. The Bertz CT molecular complexity index is 152. The molecular formula is C8H17NO2Si. The molecule has 0 amide bonds. The number of nitrogens with zero attached hydrogens (tertiary/aromatic N) is 1. The zero-order valence-corrected chi connectivity index (χ0v) is 9.09. The minimum absolute atomic E-state index is 0.637. The van der Waals surface area contributed by atoms with E-state index in [0.29, 0.717) is 6.42 Å². The molecule has 0 atom stereocenters. The van der Waals surface area contributed by atoms with Crippen LogP contribution in [0.4, 0.5) is 0 Å². The molecule has 0 aliphatic heterocycles. The van der Waals surface area contributed by atoms with E-state index in [2.05, 4.69) is 6.07 Å². The van der Waals surface area contributed by atoms with Crippen LogP contribution in [0.25, 0.3) is 0 Å². The van der Waals surface area contributed by atoms with Gasteiger partial charge in [-0.1, -0.05) is 6.42 Å². The zero-order valence-electron chi connectivity index (χ0n) is 8.09. The fraction of sp³-hybridized carbons (Fsp3) is 0.875. The molecule has 0 aliphatic rings. The highest BCUT2D eigenvalue weighted by atomic mass is 28.4. The lowest BCUT2D eigenvalue weighted by molar-refractivity contribution is 0.248. The summed E-state index contributed by atoms with van der Waals surface area (Å²) in [6.45, 7) is 2.04. The molecule has 0 aromatic heterocycles. The Morgan fingerprint density at radius 1 is 1.25 bits per heavy atom. The van der Waals surface area contributed by atoms with Gasteiger partial charge in [0.1, 0.15) is 0 Å². The Morgan fingerprint density at radius 2 is 1.83 bits per heavy atom. The number of hydrogen-bond donors (Lipinski definition) is 0. The molecule has 0 N–H and O–H groups in total. The molecule has 0 bridgehead atoms. The second-order valence-corrected chi connectivity index (χ2v) is 6.49. The first kappa shape index (κ1) is 11.6. The van der Waals surface area contributed by atoms with Gasteiger partial charge in [-0.25, -0.2) is 0 Å². The van der Waals surface area contributed by atoms with Crippen LogP contribution >= 0.6 is 0 Å². The normalized spacial score (nSPS) is 11.2. The predicted octanol–water partition coefficient (Wildman–Crippen LogP) is 2.05. The van der Waals surface area contributed by atoms with Crippen molar-refractivity contribution in [3.05, 3.63) is 0 Å². The quantitative estimate of drug-likeness (QED) is 0.472. The first-order valence-electron chi connectivity index (χ1n) is 4.16. The van der Waals surface area contributed by atoms with Gasteiger partial charge in [0.05, 0.1) is 6.07 Å². The summed E-state index contributed by atoms with van der Waals surface area (Å²) in [7, 11) is 1.53. The fourth-order valence-corrected chi connectivity index (χ4v) is 2.40. The van der Waals surface area contributed by atoms with E-state index in [4.69, 9.17) is 14.1 Å². The Morgan fingerprint density at radius 3 is 2.25 bits per heavy atom. The van der Waals surface area contributed by atoms with Crippen LogP contribution in [0.1, 0.15) is 19.3 Å². The SMILES string of the molecule is CO[Si](C)(CCCCC#N)OC. The van der Waals surface area contributed by atoms with Crippen molar-refractivity contribution >= 4 is 8.56 Å². The molecule has 0 unspecified atom stereocenters. The molecule has 3 nitrogen and oxygen atoms in total. The van der Waals surface area contributed by atoms with Crippen molar-refractivity contribution in [2.24, 2.45) is 0 Å². The van der Waals surface area contributed by atoms with Crippen molar-refractivity contribution in [1.82, 2.24) is 0 Å². The molecule has 0 heterocycles. The van der Waals surface area contributed by atoms with Gasteiger partial charge in [0.25, 0.3) is 0 Å². The molecule has 0 aromatic rings. The minimum atomic E-state index is -1.86. The van der Waals surface area contributed by atoms with E-state index in [1.54, 1.807) is 14.2 Å². The van der Waals surface area contributed by atoms with E-state index < -0.39 is 8.56 Å². The van der Waals surface area contributed by atoms with Crippen molar-refractivity contribution in [2.75, 3.05) is 14.2 Å². The molecule has 0 aromatic carbocycles. The molecule has 12 heavy (non-hydrogen) atoms. The average Bonchev–Trinajstić information content (AvgIpc) is 2.12. The van der Waals surface area contributed by atoms with E-state index in [1.165, 1.54) is 0 Å². The van der Waals surface area contributed by atoms with Crippen molar-refractivity contribution in [3.8, 4) is 6.07 Å². The minimum Gasteiger partial charge on any atom is -0.398 e. The molecule has 0 fully saturated rings. The van der Waals surface area contributed by atoms with Crippen molar-refractivity contribution in [1.29, 1.82) is 5.26 Å². The Labute approximate surface area is 75.5 Å². The summed E-state index contributed by atoms with van der Waals surface area (Å²) in [4.78, 5) is 0. The summed E-state index contributed by atoms with van der Waals surface area (Å²) in [6, 6.07) is 3.10. The van der Waals surface area contributed by atoms with Crippen LogP contribution in [0.3, 0.4) is 0 Å². The van der Waals surface area contributed by atoms with Gasteiger partial charge in [-0.3, -0.25) is 0 Å². The van der Waals surface area contributed by atoms with Gasteiger partial charge in [-0.15, -0.1) is 0 Å². The van der Waals surface area contributed by atoms with Crippen molar-refractivity contribution < 1.29 is 8.85 Å². The van der Waals surface area contributed by atoms with Gasteiger partial charge in [0.15, 0.2) is 0 Å². The van der Waals surface area contributed by atoms with Crippen LogP contribution in [-0.4, -0.2) is 22.8 Å². The molecular weight excluding hydrogens is 170 g/mol. The lowest BCUT2D eigenvalue weighted by atomic mass is 10.3. The second-order valence-electron chi connectivity index (χ2n) is 2.91. The predicted molar refractivity (Wildman–Crippen MR) is 49.9 cm³/mol. The maximum Gasteiger partial charge on any atom is 0.334 e. The van der Waals surface area contributed by atoms with Crippen LogP contribution in [0.5, 0.6) is 0 Å². The molecule has 0 saturated carbocycles. The van der Waals surface area contributed by atoms with Crippen molar-refractivity contribution in [2.45, 2.75) is 31.9 Å². The lowest BCUT2D eigenvalue weighted by Gasteiger charge is -2.22.